The van der Waals surface area contributed by atoms with Crippen LogP contribution in [0.5, 0.6) is 11.5 Å². The fourth-order valence-corrected chi connectivity index (χ4v) is 1.86. The van der Waals surface area contributed by atoms with E-state index in [-0.39, 0.29) is 32.3 Å². The van der Waals surface area contributed by atoms with Gasteiger partial charge in [0.05, 0.1) is 20.9 Å². The van der Waals surface area contributed by atoms with Gasteiger partial charge in [0.25, 0.3) is 0 Å². The van der Waals surface area contributed by atoms with Crippen molar-refractivity contribution in [3.8, 4) is 11.5 Å². The summed E-state index contributed by atoms with van der Waals surface area (Å²) in [6.07, 6.45) is 0. The van der Waals surface area contributed by atoms with Gasteiger partial charge in [0, 0.05) is 6.92 Å². The van der Waals surface area contributed by atoms with Crippen LogP contribution in [-0.2, 0) is 4.79 Å². The van der Waals surface area contributed by atoms with E-state index < -0.39 is 11.5 Å². The van der Waals surface area contributed by atoms with Crippen LogP contribution < -0.4 is 10.7 Å². The molecule has 0 aliphatic carbocycles. The second-order valence-corrected chi connectivity index (χ2v) is 3.94. The Bertz CT molecular complexity index is 595. The second-order valence-electron chi connectivity index (χ2n) is 3.15. The third-order valence-corrected chi connectivity index (χ3v) is 2.85. The Morgan fingerprint density at radius 2 is 1.87 bits per heavy atom. The molecule has 0 fully saturated rings. The van der Waals surface area contributed by atoms with Gasteiger partial charge in [0.15, 0.2) is 11.5 Å². The molecule has 6 heteroatoms. The molecule has 0 heterocycles. The molecule has 0 aliphatic rings. The molecule has 2 aromatic rings. The lowest BCUT2D eigenvalue weighted by Crippen LogP contribution is -2.06. The number of phenols is 2. The van der Waals surface area contributed by atoms with Gasteiger partial charge in [0.2, 0.25) is 11.3 Å². The van der Waals surface area contributed by atoms with E-state index in [0.717, 1.165) is 0 Å². The molecule has 0 saturated heterocycles. The number of aromatic hydroxyl groups is 2. The standard InChI is InChI=1S/C9H6BrNO4/c1-2(12)11-6-3-4(7(3)13)8(14)9(15)5(6)10/h14-15H,1H3,(H,11,12). The maximum atomic E-state index is 11.2. The molecule has 0 radical (unpaired) electrons. The van der Waals surface area contributed by atoms with Gasteiger partial charge in [-0.25, -0.2) is 0 Å². The summed E-state index contributed by atoms with van der Waals surface area (Å²) >= 11 is 2.99. The Labute approximate surface area is 92.1 Å². The minimum absolute atomic E-state index is 0.0689. The summed E-state index contributed by atoms with van der Waals surface area (Å²) in [7, 11) is 0. The highest BCUT2D eigenvalue weighted by Gasteiger charge is 2.28. The van der Waals surface area contributed by atoms with E-state index in [2.05, 4.69) is 21.2 Å². The van der Waals surface area contributed by atoms with Crippen LogP contribution in [-0.4, -0.2) is 16.1 Å². The van der Waals surface area contributed by atoms with Crippen molar-refractivity contribution in [2.75, 3.05) is 5.32 Å². The average Bonchev–Trinajstić information content (AvgIpc) is 2.81. The molecule has 1 amide bonds. The van der Waals surface area contributed by atoms with Gasteiger partial charge in [-0.1, -0.05) is 0 Å². The largest absolute Gasteiger partial charge is 0.504 e. The Morgan fingerprint density at radius 3 is 2.40 bits per heavy atom. The van der Waals surface area contributed by atoms with Crippen molar-refractivity contribution < 1.29 is 15.0 Å². The minimum atomic E-state index is -0.448. The third kappa shape index (κ3) is 1.29. The predicted molar refractivity (Wildman–Crippen MR) is 57.9 cm³/mol. The molecule has 3 N–H and O–H groups in total. The van der Waals surface area contributed by atoms with Crippen LogP contribution in [0.2, 0.25) is 0 Å². The molecule has 78 valence electrons. The highest BCUT2D eigenvalue weighted by atomic mass is 79.9. The summed E-state index contributed by atoms with van der Waals surface area (Å²) in [5.74, 6) is -1.25. The van der Waals surface area contributed by atoms with Crippen LogP contribution in [0.25, 0.3) is 10.8 Å². The Morgan fingerprint density at radius 1 is 1.27 bits per heavy atom. The van der Waals surface area contributed by atoms with Crippen LogP contribution in [0.4, 0.5) is 5.69 Å². The fraction of sp³-hybridized carbons (Fsp3) is 0.111. The molecule has 0 atom stereocenters. The van der Waals surface area contributed by atoms with Crippen molar-refractivity contribution in [3.05, 3.63) is 14.7 Å². The first-order chi connectivity index (χ1) is 6.95. The highest BCUT2D eigenvalue weighted by molar-refractivity contribution is 9.10. The lowest BCUT2D eigenvalue weighted by Gasteiger charge is -2.05. The second kappa shape index (κ2) is 2.96. The molecule has 0 unspecified atom stereocenters. The molecule has 0 spiro atoms. The number of phenolic OH excluding ortho intramolecular Hbond substituents is 2. The SMILES string of the molecule is CC(=O)Nc1c(Br)c(O)c(O)c2c(=O)c12. The zero-order valence-corrected chi connectivity index (χ0v) is 9.17. The van der Waals surface area contributed by atoms with E-state index >= 15 is 0 Å². The van der Waals surface area contributed by atoms with E-state index in [1.165, 1.54) is 6.92 Å². The molecule has 0 bridgehead atoms. The lowest BCUT2D eigenvalue weighted by molar-refractivity contribution is -0.114. The number of hydrogen-bond acceptors (Lipinski definition) is 4. The first-order valence-electron chi connectivity index (χ1n) is 4.04. The minimum Gasteiger partial charge on any atom is -0.504 e. The van der Waals surface area contributed by atoms with Gasteiger partial charge in [-0.05, 0) is 15.9 Å². The Kier molecular flexibility index (Phi) is 1.97. The Balaban J connectivity index is 2.73. The number of halogens is 1. The average molecular weight is 272 g/mol. The maximum Gasteiger partial charge on any atom is 0.221 e. The quantitative estimate of drug-likeness (QED) is 0.538. The normalized spacial score (nSPS) is 11.1. The van der Waals surface area contributed by atoms with E-state index in [1.54, 1.807) is 0 Å². The van der Waals surface area contributed by atoms with Crippen LogP contribution in [0.15, 0.2) is 9.27 Å². The van der Waals surface area contributed by atoms with Crippen molar-refractivity contribution in [3.63, 3.8) is 0 Å². The van der Waals surface area contributed by atoms with Crippen molar-refractivity contribution in [2.24, 2.45) is 0 Å². The number of rotatable bonds is 1. The first-order valence-corrected chi connectivity index (χ1v) is 4.84. The van der Waals surface area contributed by atoms with Crippen molar-refractivity contribution >= 4 is 38.3 Å². The third-order valence-electron chi connectivity index (χ3n) is 2.08. The highest BCUT2D eigenvalue weighted by Crippen LogP contribution is 2.47. The first kappa shape index (κ1) is 9.97. The van der Waals surface area contributed by atoms with Gasteiger partial charge in [0.1, 0.15) is 0 Å². The molecule has 5 nitrogen and oxygen atoms in total. The number of benzene rings is 1. The van der Waals surface area contributed by atoms with Crippen LogP contribution in [0, 0.1) is 0 Å². The van der Waals surface area contributed by atoms with E-state index in [9.17, 15) is 19.8 Å². The smallest absolute Gasteiger partial charge is 0.221 e. The van der Waals surface area contributed by atoms with Crippen LogP contribution >= 0.6 is 15.9 Å². The van der Waals surface area contributed by atoms with Crippen molar-refractivity contribution in [2.45, 2.75) is 6.92 Å². The number of carbonyl (C=O) groups is 1. The molecular weight excluding hydrogens is 266 g/mol. The summed E-state index contributed by atoms with van der Waals surface area (Å²) in [4.78, 5) is 22.1. The summed E-state index contributed by atoms with van der Waals surface area (Å²) in [5, 5.41) is 21.5. The van der Waals surface area contributed by atoms with E-state index in [0.29, 0.717) is 0 Å². The number of anilines is 1. The van der Waals surface area contributed by atoms with Crippen molar-refractivity contribution in [1.29, 1.82) is 0 Å². The predicted octanol–water partition coefficient (Wildman–Crippen LogP) is 1.21. The fourth-order valence-electron chi connectivity index (χ4n) is 1.38. The van der Waals surface area contributed by atoms with Gasteiger partial charge in [-0.15, -0.1) is 0 Å². The van der Waals surface area contributed by atoms with Crippen molar-refractivity contribution in [1.82, 2.24) is 0 Å². The number of amides is 1. The van der Waals surface area contributed by atoms with Crippen LogP contribution in [0.3, 0.4) is 0 Å². The molecule has 0 aliphatic heterocycles. The number of fused-ring (bicyclic) bond motifs is 1. The Hall–Kier alpha value is -1.56. The molecule has 0 saturated carbocycles. The summed E-state index contributed by atoms with van der Waals surface area (Å²) < 4.78 is 0.111. The number of nitrogens with one attached hydrogen (secondary N) is 1. The van der Waals surface area contributed by atoms with Gasteiger partial charge in [-0.3, -0.25) is 9.59 Å². The van der Waals surface area contributed by atoms with Gasteiger partial charge >= 0.3 is 0 Å². The monoisotopic (exact) mass is 271 g/mol. The van der Waals surface area contributed by atoms with Gasteiger partial charge < -0.3 is 15.5 Å². The summed E-state index contributed by atoms with van der Waals surface area (Å²) in [6.45, 7) is 1.29. The molecule has 0 aromatic heterocycles. The maximum absolute atomic E-state index is 11.2. The molecule has 2 aromatic carbocycles. The summed E-state index contributed by atoms with van der Waals surface area (Å²) in [6, 6.07) is 0. The van der Waals surface area contributed by atoms with E-state index in [4.69, 9.17) is 0 Å². The molecule has 15 heavy (non-hydrogen) atoms. The van der Waals surface area contributed by atoms with Crippen LogP contribution in [0.1, 0.15) is 6.92 Å². The number of hydrogen-bond donors (Lipinski definition) is 3. The van der Waals surface area contributed by atoms with Gasteiger partial charge in [-0.2, -0.15) is 0 Å². The molecule has 2 rings (SSSR count). The van der Waals surface area contributed by atoms with E-state index in [1.807, 2.05) is 0 Å². The zero-order valence-electron chi connectivity index (χ0n) is 7.59. The topological polar surface area (TPSA) is 86.6 Å². The lowest BCUT2D eigenvalue weighted by atomic mass is 10.3. The summed E-state index contributed by atoms with van der Waals surface area (Å²) in [5.41, 5.74) is -0.157. The molecular formula is C9H6BrNO4. The number of carbonyl (C=O) groups excluding carboxylic acids is 1. The zero-order chi connectivity index (χ0) is 11.3.